The number of amides is 2. The summed E-state index contributed by atoms with van der Waals surface area (Å²) < 4.78 is 10.3. The molecule has 0 radical (unpaired) electrons. The van der Waals surface area contributed by atoms with Crippen LogP contribution in [-0.2, 0) is 19.1 Å². The van der Waals surface area contributed by atoms with Gasteiger partial charge in [0.2, 0.25) is 0 Å². The number of hydrogen-bond acceptors (Lipinski definition) is 7. The Morgan fingerprint density at radius 3 is 2.37 bits per heavy atom. The number of nitrogens with zero attached hydrogens (tertiary/aromatic N) is 4. The highest BCUT2D eigenvalue weighted by Gasteiger charge is 2.54. The van der Waals surface area contributed by atoms with E-state index in [1.807, 2.05) is 30.3 Å². The van der Waals surface area contributed by atoms with Crippen LogP contribution < -0.4 is 0 Å². The van der Waals surface area contributed by atoms with Crippen LogP contribution in [0.1, 0.15) is 19.4 Å². The van der Waals surface area contributed by atoms with Crippen molar-refractivity contribution in [1.29, 1.82) is 0 Å². The van der Waals surface area contributed by atoms with E-state index in [1.54, 1.807) is 13.8 Å². The number of fused-ring (bicyclic) bond motifs is 1. The first-order chi connectivity index (χ1) is 13.0. The Hall–Kier alpha value is -3.10. The average Bonchev–Trinajstić information content (AvgIpc) is 3.07. The number of hydrazine groups is 1. The number of esters is 2. The van der Waals surface area contributed by atoms with Gasteiger partial charge in [-0.2, -0.15) is 0 Å². The van der Waals surface area contributed by atoms with E-state index in [9.17, 15) is 14.4 Å². The van der Waals surface area contributed by atoms with Crippen LogP contribution in [0.5, 0.6) is 0 Å². The first-order valence-corrected chi connectivity index (χ1v) is 8.81. The minimum Gasteiger partial charge on any atom is -0.466 e. The molecule has 27 heavy (non-hydrogen) atoms. The first kappa shape index (κ1) is 18.7. The summed E-state index contributed by atoms with van der Waals surface area (Å²) in [5, 5.41) is 8.32. The highest BCUT2D eigenvalue weighted by molar-refractivity contribution is 6.05. The lowest BCUT2D eigenvalue weighted by atomic mass is 10.0. The number of rotatable bonds is 5. The van der Waals surface area contributed by atoms with Crippen LogP contribution in [-0.4, -0.2) is 71.7 Å². The Balaban J connectivity index is 2.07. The zero-order valence-electron chi connectivity index (χ0n) is 15.5. The molecule has 2 heterocycles. The van der Waals surface area contributed by atoms with Crippen molar-refractivity contribution in [3.63, 3.8) is 0 Å². The molecule has 0 bridgehead atoms. The van der Waals surface area contributed by atoms with Crippen LogP contribution in [0.4, 0.5) is 4.79 Å². The molecule has 2 atom stereocenters. The third-order valence-corrected chi connectivity index (χ3v) is 4.38. The van der Waals surface area contributed by atoms with Gasteiger partial charge in [0.15, 0.2) is 11.9 Å². The summed E-state index contributed by atoms with van der Waals surface area (Å²) in [4.78, 5) is 37.8. The van der Waals surface area contributed by atoms with E-state index in [0.717, 1.165) is 0 Å². The van der Waals surface area contributed by atoms with E-state index < -0.39 is 29.9 Å². The summed E-state index contributed by atoms with van der Waals surface area (Å²) in [5.74, 6) is -1.62. The maximum Gasteiger partial charge on any atom is 0.359 e. The van der Waals surface area contributed by atoms with E-state index in [-0.39, 0.29) is 19.8 Å². The van der Waals surface area contributed by atoms with Crippen LogP contribution in [0.25, 0.3) is 0 Å². The van der Waals surface area contributed by atoms with Gasteiger partial charge in [-0.1, -0.05) is 30.3 Å². The van der Waals surface area contributed by atoms with Crippen LogP contribution in [0.3, 0.4) is 0 Å². The summed E-state index contributed by atoms with van der Waals surface area (Å²) >= 11 is 0. The summed E-state index contributed by atoms with van der Waals surface area (Å²) in [5.41, 5.74) is 0.709. The minimum absolute atomic E-state index is 0.0113. The Bertz CT molecular complexity index is 766. The lowest BCUT2D eigenvalue weighted by molar-refractivity contribution is -0.157. The number of hydrazone groups is 1. The molecule has 0 N–H and O–H groups in total. The maximum absolute atomic E-state index is 12.7. The molecular weight excluding hydrogens is 352 g/mol. The summed E-state index contributed by atoms with van der Waals surface area (Å²) in [7, 11) is 1.53. The monoisotopic (exact) mass is 374 g/mol. The van der Waals surface area contributed by atoms with Crippen molar-refractivity contribution in [2.24, 2.45) is 11.0 Å². The third kappa shape index (κ3) is 3.32. The van der Waals surface area contributed by atoms with Gasteiger partial charge in [0, 0.05) is 12.6 Å². The number of carbonyl (C=O) groups excluding carboxylic acids is 3. The number of carbonyl (C=O) groups is 3. The van der Waals surface area contributed by atoms with Crippen LogP contribution in [0, 0.1) is 5.92 Å². The molecule has 2 amide bonds. The summed E-state index contributed by atoms with van der Waals surface area (Å²) in [6.07, 6.45) is 0. The standard InChI is InChI=1S/C18H22N4O5/c1-4-26-16(23)13-11-21-18(25)20(3)19-15(12-9-7-6-8-10-12)22(21)14(13)17(24)27-5-2/h6-10,13-14H,4-5,11H2,1-3H3/t13-,14-/m1/s1. The van der Waals surface area contributed by atoms with Crippen molar-refractivity contribution in [2.75, 3.05) is 26.8 Å². The third-order valence-electron chi connectivity index (χ3n) is 4.38. The highest BCUT2D eigenvalue weighted by Crippen LogP contribution is 2.32. The van der Waals surface area contributed by atoms with Crippen molar-refractivity contribution < 1.29 is 23.9 Å². The lowest BCUT2D eigenvalue weighted by Gasteiger charge is -2.38. The Labute approximate surface area is 157 Å². The predicted octanol–water partition coefficient (Wildman–Crippen LogP) is 1.06. The summed E-state index contributed by atoms with van der Waals surface area (Å²) in [6.45, 7) is 3.72. The van der Waals surface area contributed by atoms with Gasteiger partial charge in [-0.25, -0.2) is 24.6 Å². The smallest absolute Gasteiger partial charge is 0.359 e. The number of ether oxygens (including phenoxy) is 2. The van der Waals surface area contributed by atoms with Gasteiger partial charge in [0.25, 0.3) is 0 Å². The fourth-order valence-electron chi connectivity index (χ4n) is 3.23. The molecule has 2 aliphatic rings. The molecule has 144 valence electrons. The number of benzene rings is 1. The van der Waals surface area contributed by atoms with Crippen LogP contribution >= 0.6 is 0 Å². The normalized spacial score (nSPS) is 21.7. The Kier molecular flexibility index (Phi) is 5.29. The first-order valence-electron chi connectivity index (χ1n) is 8.81. The van der Waals surface area contributed by atoms with Crippen molar-refractivity contribution in [3.8, 4) is 0 Å². The van der Waals surface area contributed by atoms with Gasteiger partial charge in [-0.15, -0.1) is 5.10 Å². The molecule has 9 heteroatoms. The molecule has 1 aromatic carbocycles. The fourth-order valence-corrected chi connectivity index (χ4v) is 3.23. The van der Waals surface area contributed by atoms with Gasteiger partial charge in [-0.05, 0) is 13.8 Å². The zero-order chi connectivity index (χ0) is 19.6. The van der Waals surface area contributed by atoms with Crippen LogP contribution in [0.2, 0.25) is 0 Å². The molecule has 0 aromatic heterocycles. The molecule has 1 saturated heterocycles. The largest absolute Gasteiger partial charge is 0.466 e. The van der Waals surface area contributed by atoms with E-state index in [2.05, 4.69) is 5.10 Å². The van der Waals surface area contributed by atoms with Gasteiger partial charge in [0.05, 0.1) is 19.8 Å². The molecule has 2 aliphatic heterocycles. The number of urea groups is 1. The van der Waals surface area contributed by atoms with E-state index in [0.29, 0.717) is 11.4 Å². The molecule has 3 rings (SSSR count). The lowest BCUT2D eigenvalue weighted by Crippen LogP contribution is -2.57. The second-order valence-corrected chi connectivity index (χ2v) is 6.08. The van der Waals surface area contributed by atoms with E-state index >= 15 is 0 Å². The van der Waals surface area contributed by atoms with Gasteiger partial charge < -0.3 is 9.47 Å². The van der Waals surface area contributed by atoms with Crippen molar-refractivity contribution in [2.45, 2.75) is 19.9 Å². The number of hydrogen-bond donors (Lipinski definition) is 0. The topological polar surface area (TPSA) is 91.8 Å². The minimum atomic E-state index is -1.03. The van der Waals surface area contributed by atoms with Gasteiger partial charge in [-0.3, -0.25) is 4.79 Å². The zero-order valence-corrected chi connectivity index (χ0v) is 15.5. The SMILES string of the molecule is CCOC(=O)[C@@H]1CN2C(=O)N(C)N=C(c3ccccc3)N2[C@H]1C(=O)OCC. The summed E-state index contributed by atoms with van der Waals surface area (Å²) in [6, 6.07) is 7.69. The molecule has 1 fully saturated rings. The van der Waals surface area contributed by atoms with Crippen molar-refractivity contribution in [3.05, 3.63) is 35.9 Å². The second-order valence-electron chi connectivity index (χ2n) is 6.08. The highest BCUT2D eigenvalue weighted by atomic mass is 16.5. The van der Waals surface area contributed by atoms with Crippen molar-refractivity contribution in [1.82, 2.24) is 15.0 Å². The predicted molar refractivity (Wildman–Crippen MR) is 95.2 cm³/mol. The quantitative estimate of drug-likeness (QED) is 0.716. The van der Waals surface area contributed by atoms with Crippen LogP contribution in [0.15, 0.2) is 35.4 Å². The molecule has 0 saturated carbocycles. The van der Waals surface area contributed by atoms with E-state index in [4.69, 9.17) is 9.47 Å². The maximum atomic E-state index is 12.7. The molecule has 9 nitrogen and oxygen atoms in total. The van der Waals surface area contributed by atoms with Crippen molar-refractivity contribution >= 4 is 23.8 Å². The molecular formula is C18H22N4O5. The molecule has 0 spiro atoms. The molecule has 1 aromatic rings. The van der Waals surface area contributed by atoms with E-state index in [1.165, 1.54) is 22.1 Å². The molecule has 0 unspecified atom stereocenters. The average molecular weight is 374 g/mol. The van der Waals surface area contributed by atoms with Gasteiger partial charge in [0.1, 0.15) is 5.92 Å². The Morgan fingerprint density at radius 1 is 1.11 bits per heavy atom. The Morgan fingerprint density at radius 2 is 1.74 bits per heavy atom. The second kappa shape index (κ2) is 7.65. The molecule has 0 aliphatic carbocycles. The fraction of sp³-hybridized carbons (Fsp3) is 0.444. The van der Waals surface area contributed by atoms with Gasteiger partial charge >= 0.3 is 18.0 Å². The number of amidine groups is 1.